The van der Waals surface area contributed by atoms with E-state index in [1.165, 1.54) is 0 Å². The Morgan fingerprint density at radius 1 is 1.14 bits per heavy atom. The van der Waals surface area contributed by atoms with Gasteiger partial charge in [0.05, 0.1) is 6.54 Å². The fourth-order valence-corrected chi connectivity index (χ4v) is 3.25. The molecule has 0 saturated carbocycles. The van der Waals surface area contributed by atoms with Crippen molar-refractivity contribution in [2.75, 3.05) is 26.2 Å². The van der Waals surface area contributed by atoms with Crippen LogP contribution in [0.5, 0.6) is 0 Å². The van der Waals surface area contributed by atoms with Crippen molar-refractivity contribution in [3.05, 3.63) is 35.4 Å². The third-order valence-corrected chi connectivity index (χ3v) is 4.98. The number of nitrogens with zero attached hydrogens (tertiary/aromatic N) is 2. The Morgan fingerprint density at radius 3 is 2.55 bits per heavy atom. The van der Waals surface area contributed by atoms with Crippen LogP contribution in [0.25, 0.3) is 0 Å². The second kappa shape index (κ2) is 12.1. The van der Waals surface area contributed by atoms with Gasteiger partial charge in [0.25, 0.3) is 5.91 Å². The highest BCUT2D eigenvalue weighted by atomic mass is 16.2. The van der Waals surface area contributed by atoms with Gasteiger partial charge in [-0.3, -0.25) is 9.59 Å². The van der Waals surface area contributed by atoms with Crippen LogP contribution in [0.1, 0.15) is 62.4 Å². The Bertz CT molecular complexity index is 687. The summed E-state index contributed by atoms with van der Waals surface area (Å²) in [6.07, 6.45) is 3.53. The van der Waals surface area contributed by atoms with Gasteiger partial charge in [0.1, 0.15) is 0 Å². The van der Waals surface area contributed by atoms with Crippen LogP contribution in [0.3, 0.4) is 0 Å². The van der Waals surface area contributed by atoms with Crippen molar-refractivity contribution in [2.24, 2.45) is 4.99 Å². The monoisotopic (exact) mass is 401 g/mol. The number of guanidine groups is 1. The first-order valence-electron chi connectivity index (χ1n) is 10.8. The van der Waals surface area contributed by atoms with Gasteiger partial charge in [-0.2, -0.15) is 0 Å². The number of hydrogen-bond acceptors (Lipinski definition) is 3. The number of nitrogens with one attached hydrogen (secondary N) is 3. The maximum absolute atomic E-state index is 12.1. The van der Waals surface area contributed by atoms with Gasteiger partial charge in [-0.05, 0) is 37.5 Å². The molecule has 29 heavy (non-hydrogen) atoms. The smallest absolute Gasteiger partial charge is 0.251 e. The fraction of sp³-hybridized carbons (Fsp3) is 0.591. The molecule has 7 nitrogen and oxygen atoms in total. The molecule has 1 atom stereocenters. The number of amides is 2. The first-order chi connectivity index (χ1) is 14.1. The number of benzene rings is 1. The quantitative estimate of drug-likeness (QED) is 0.337. The molecule has 1 unspecified atom stereocenters. The minimum Gasteiger partial charge on any atom is -0.357 e. The van der Waals surface area contributed by atoms with Gasteiger partial charge < -0.3 is 20.9 Å². The topological polar surface area (TPSA) is 85.8 Å². The number of likely N-dealkylation sites (tertiary alicyclic amines) is 1. The van der Waals surface area contributed by atoms with E-state index in [2.05, 4.69) is 27.9 Å². The molecule has 1 aromatic rings. The van der Waals surface area contributed by atoms with Gasteiger partial charge in [0.15, 0.2) is 5.96 Å². The van der Waals surface area contributed by atoms with Crippen LogP contribution < -0.4 is 16.0 Å². The largest absolute Gasteiger partial charge is 0.357 e. The second-order valence-corrected chi connectivity index (χ2v) is 7.32. The number of hydrogen-bond donors (Lipinski definition) is 3. The summed E-state index contributed by atoms with van der Waals surface area (Å²) in [4.78, 5) is 30.5. The van der Waals surface area contributed by atoms with E-state index in [9.17, 15) is 9.59 Å². The Morgan fingerprint density at radius 2 is 1.90 bits per heavy atom. The molecule has 1 aliphatic rings. The van der Waals surface area contributed by atoms with E-state index in [0.29, 0.717) is 25.1 Å². The fourth-order valence-electron chi connectivity index (χ4n) is 3.25. The minimum absolute atomic E-state index is 0.0316. The molecule has 0 bridgehead atoms. The van der Waals surface area contributed by atoms with Crippen molar-refractivity contribution in [2.45, 2.75) is 59.0 Å². The summed E-state index contributed by atoms with van der Waals surface area (Å²) in [5, 5.41) is 9.63. The molecular formula is C22H35N5O2. The molecule has 1 fully saturated rings. The lowest BCUT2D eigenvalue weighted by Crippen LogP contribution is -2.45. The van der Waals surface area contributed by atoms with Gasteiger partial charge in [-0.25, -0.2) is 4.99 Å². The predicted molar refractivity (Wildman–Crippen MR) is 117 cm³/mol. The summed E-state index contributed by atoms with van der Waals surface area (Å²) in [6.45, 7) is 9.56. The molecule has 0 spiro atoms. The van der Waals surface area contributed by atoms with Crippen LogP contribution in [0.2, 0.25) is 0 Å². The van der Waals surface area contributed by atoms with E-state index in [-0.39, 0.29) is 17.9 Å². The molecule has 1 aromatic carbocycles. The molecule has 0 radical (unpaired) electrons. The molecule has 2 rings (SSSR count). The average Bonchev–Trinajstić information content (AvgIpc) is 3.20. The number of rotatable bonds is 9. The molecule has 0 aromatic heterocycles. The second-order valence-electron chi connectivity index (χ2n) is 7.32. The molecular weight excluding hydrogens is 366 g/mol. The molecule has 1 heterocycles. The van der Waals surface area contributed by atoms with Crippen molar-refractivity contribution < 1.29 is 9.59 Å². The third-order valence-electron chi connectivity index (χ3n) is 4.98. The number of carbonyl (C=O) groups excluding carboxylic acids is 2. The van der Waals surface area contributed by atoms with Gasteiger partial charge in [0, 0.05) is 44.2 Å². The Balaban J connectivity index is 1.89. The van der Waals surface area contributed by atoms with Crippen molar-refractivity contribution in [3.63, 3.8) is 0 Å². The maximum Gasteiger partial charge on any atom is 0.251 e. The molecule has 3 N–H and O–H groups in total. The van der Waals surface area contributed by atoms with Gasteiger partial charge in [-0.15, -0.1) is 0 Å². The lowest BCUT2D eigenvalue weighted by atomic mass is 10.1. The lowest BCUT2D eigenvalue weighted by Gasteiger charge is -2.18. The normalized spacial score (nSPS) is 16.6. The maximum atomic E-state index is 12.1. The molecule has 7 heteroatoms. The van der Waals surface area contributed by atoms with Gasteiger partial charge in [0.2, 0.25) is 5.91 Å². The first-order valence-corrected chi connectivity index (χ1v) is 10.8. The standard InChI is InChI=1S/C22H35N5O2/c1-4-7-13-24-21(29)18-10-8-17(9-11-18)15-25-22(23-6-3)26-19-12-14-27(16-19)20(28)5-2/h8-11,19H,4-7,12-16H2,1-3H3,(H,24,29)(H2,23,25,26). The number of unbranched alkanes of at least 4 members (excludes halogenated alkanes) is 1. The van der Waals surface area contributed by atoms with E-state index in [1.54, 1.807) is 0 Å². The number of carbonyl (C=O) groups is 2. The van der Waals surface area contributed by atoms with Crippen LogP contribution in [0.4, 0.5) is 0 Å². The van der Waals surface area contributed by atoms with Crippen molar-refractivity contribution >= 4 is 17.8 Å². The average molecular weight is 402 g/mol. The van der Waals surface area contributed by atoms with Gasteiger partial charge in [-0.1, -0.05) is 32.4 Å². The van der Waals surface area contributed by atoms with Crippen molar-refractivity contribution in [1.82, 2.24) is 20.9 Å². The zero-order valence-corrected chi connectivity index (χ0v) is 18.0. The van der Waals surface area contributed by atoms with E-state index < -0.39 is 0 Å². The van der Waals surface area contributed by atoms with E-state index in [1.807, 2.05) is 43.0 Å². The summed E-state index contributed by atoms with van der Waals surface area (Å²) in [5.41, 5.74) is 1.71. The van der Waals surface area contributed by atoms with E-state index >= 15 is 0 Å². The van der Waals surface area contributed by atoms with Crippen LogP contribution in [-0.4, -0.2) is 54.9 Å². The summed E-state index contributed by atoms with van der Waals surface area (Å²) in [5.74, 6) is 0.927. The summed E-state index contributed by atoms with van der Waals surface area (Å²) in [6, 6.07) is 7.80. The van der Waals surface area contributed by atoms with Crippen LogP contribution in [-0.2, 0) is 11.3 Å². The molecule has 160 valence electrons. The van der Waals surface area contributed by atoms with Gasteiger partial charge >= 0.3 is 0 Å². The minimum atomic E-state index is -0.0316. The van der Waals surface area contributed by atoms with Crippen LogP contribution in [0, 0.1) is 0 Å². The highest BCUT2D eigenvalue weighted by Gasteiger charge is 2.25. The van der Waals surface area contributed by atoms with Crippen LogP contribution in [0.15, 0.2) is 29.3 Å². The SMILES string of the molecule is CCCCNC(=O)c1ccc(CN=C(NCC)NC2CCN(C(=O)CC)C2)cc1. The molecule has 1 saturated heterocycles. The van der Waals surface area contributed by atoms with Crippen molar-refractivity contribution in [3.8, 4) is 0 Å². The van der Waals surface area contributed by atoms with E-state index in [0.717, 1.165) is 50.4 Å². The van der Waals surface area contributed by atoms with Crippen LogP contribution >= 0.6 is 0 Å². The highest BCUT2D eigenvalue weighted by molar-refractivity contribution is 5.94. The Labute approximate surface area is 174 Å². The summed E-state index contributed by atoms with van der Waals surface area (Å²) in [7, 11) is 0. The molecule has 2 amide bonds. The molecule has 1 aliphatic heterocycles. The summed E-state index contributed by atoms with van der Waals surface area (Å²) >= 11 is 0. The van der Waals surface area contributed by atoms with E-state index in [4.69, 9.17) is 0 Å². The zero-order valence-electron chi connectivity index (χ0n) is 18.0. The highest BCUT2D eigenvalue weighted by Crippen LogP contribution is 2.11. The first kappa shape index (κ1) is 22.7. The zero-order chi connectivity index (χ0) is 21.1. The van der Waals surface area contributed by atoms with Crippen molar-refractivity contribution in [1.29, 1.82) is 0 Å². The lowest BCUT2D eigenvalue weighted by molar-refractivity contribution is -0.129. The third kappa shape index (κ3) is 7.40. The molecule has 0 aliphatic carbocycles. The number of aliphatic imine (C=N–C) groups is 1. The summed E-state index contributed by atoms with van der Waals surface area (Å²) < 4.78 is 0. The Kier molecular flexibility index (Phi) is 9.47. The predicted octanol–water partition coefficient (Wildman–Crippen LogP) is 2.28. The Hall–Kier alpha value is -2.57.